The second kappa shape index (κ2) is 5.46. The summed E-state index contributed by atoms with van der Waals surface area (Å²) in [7, 11) is 0. The zero-order chi connectivity index (χ0) is 13.1. The number of halogens is 2. The van der Waals surface area contributed by atoms with E-state index < -0.39 is 23.5 Å². The van der Waals surface area contributed by atoms with E-state index in [2.05, 4.69) is 0 Å². The summed E-state index contributed by atoms with van der Waals surface area (Å²) in [6.45, 7) is 0. The van der Waals surface area contributed by atoms with Crippen molar-refractivity contribution < 1.29 is 18.7 Å². The van der Waals surface area contributed by atoms with E-state index >= 15 is 0 Å². The summed E-state index contributed by atoms with van der Waals surface area (Å²) < 4.78 is 26.4. The van der Waals surface area contributed by atoms with Gasteiger partial charge in [0.15, 0.2) is 0 Å². The van der Waals surface area contributed by atoms with Gasteiger partial charge in [0.1, 0.15) is 11.6 Å². The van der Waals surface area contributed by atoms with Gasteiger partial charge < -0.3 is 5.11 Å². The molecule has 0 amide bonds. The number of hydrogen-bond acceptors (Lipinski definition) is 1. The fraction of sp³-hybridized carbons (Fsp3) is 0.500. The zero-order valence-electron chi connectivity index (χ0n) is 10.0. The van der Waals surface area contributed by atoms with Crippen LogP contribution in [0.3, 0.4) is 0 Å². The van der Waals surface area contributed by atoms with E-state index in [0.717, 1.165) is 50.3 Å². The van der Waals surface area contributed by atoms with Crippen molar-refractivity contribution >= 4 is 5.97 Å². The lowest BCUT2D eigenvalue weighted by atomic mass is 9.77. The molecule has 1 fully saturated rings. The highest BCUT2D eigenvalue weighted by Gasteiger charge is 2.31. The van der Waals surface area contributed by atoms with Crippen LogP contribution in [0.5, 0.6) is 0 Å². The summed E-state index contributed by atoms with van der Waals surface area (Å²) in [5.41, 5.74) is 0.243. The molecule has 0 radical (unpaired) electrons. The van der Waals surface area contributed by atoms with Gasteiger partial charge in [0, 0.05) is 6.07 Å². The Morgan fingerprint density at radius 1 is 1.11 bits per heavy atom. The maximum atomic E-state index is 13.2. The summed E-state index contributed by atoms with van der Waals surface area (Å²) >= 11 is 0. The highest BCUT2D eigenvalue weighted by atomic mass is 19.1. The largest absolute Gasteiger partial charge is 0.481 e. The first-order valence-corrected chi connectivity index (χ1v) is 6.26. The summed E-state index contributed by atoms with van der Waals surface area (Å²) in [4.78, 5) is 11.4. The summed E-state index contributed by atoms with van der Waals surface area (Å²) in [6, 6.07) is 3.04. The van der Waals surface area contributed by atoms with Gasteiger partial charge in [-0.1, -0.05) is 19.3 Å². The molecule has 1 aromatic rings. The molecule has 1 aliphatic rings. The van der Waals surface area contributed by atoms with Crippen molar-refractivity contribution in [1.29, 1.82) is 0 Å². The first-order valence-electron chi connectivity index (χ1n) is 6.26. The van der Waals surface area contributed by atoms with E-state index in [4.69, 9.17) is 0 Å². The van der Waals surface area contributed by atoms with Gasteiger partial charge >= 0.3 is 5.97 Å². The van der Waals surface area contributed by atoms with Gasteiger partial charge in [0.25, 0.3) is 0 Å². The van der Waals surface area contributed by atoms with Crippen molar-refractivity contribution in [1.82, 2.24) is 0 Å². The van der Waals surface area contributed by atoms with Gasteiger partial charge in [-0.2, -0.15) is 0 Å². The van der Waals surface area contributed by atoms with Crippen molar-refractivity contribution in [3.8, 4) is 0 Å². The zero-order valence-corrected chi connectivity index (χ0v) is 10.0. The minimum atomic E-state index is -0.994. The lowest BCUT2D eigenvalue weighted by molar-refractivity contribution is -0.140. The Balaban J connectivity index is 2.31. The molecule has 1 N–H and O–H groups in total. The van der Waals surface area contributed by atoms with Gasteiger partial charge in [0.05, 0.1) is 5.92 Å². The van der Waals surface area contributed by atoms with Crippen LogP contribution in [-0.4, -0.2) is 11.1 Å². The molecular weight excluding hydrogens is 238 g/mol. The maximum Gasteiger partial charge on any atom is 0.311 e. The molecule has 2 rings (SSSR count). The minimum Gasteiger partial charge on any atom is -0.481 e. The topological polar surface area (TPSA) is 37.3 Å². The predicted molar refractivity (Wildman–Crippen MR) is 63.3 cm³/mol. The summed E-state index contributed by atoms with van der Waals surface area (Å²) in [6.07, 6.45) is 4.73. The Morgan fingerprint density at radius 3 is 2.17 bits per heavy atom. The lowest BCUT2D eigenvalue weighted by Crippen LogP contribution is -2.24. The molecule has 98 valence electrons. The molecule has 0 aliphatic heterocycles. The molecule has 2 nitrogen and oxygen atoms in total. The van der Waals surface area contributed by atoms with Crippen LogP contribution in [-0.2, 0) is 4.79 Å². The van der Waals surface area contributed by atoms with Crippen LogP contribution in [0.2, 0.25) is 0 Å². The highest BCUT2D eigenvalue weighted by molar-refractivity contribution is 5.76. The Morgan fingerprint density at radius 2 is 1.67 bits per heavy atom. The average Bonchev–Trinajstić information content (AvgIpc) is 2.28. The molecule has 4 heteroatoms. The van der Waals surface area contributed by atoms with Gasteiger partial charge in [-0.15, -0.1) is 0 Å². The maximum absolute atomic E-state index is 13.2. The third-order valence-corrected chi connectivity index (χ3v) is 3.63. The van der Waals surface area contributed by atoms with E-state index in [9.17, 15) is 18.7 Å². The van der Waals surface area contributed by atoms with E-state index in [1.165, 1.54) is 0 Å². The Hall–Kier alpha value is -1.45. The average molecular weight is 254 g/mol. The van der Waals surface area contributed by atoms with Gasteiger partial charge in [-0.25, -0.2) is 8.78 Å². The molecule has 1 atom stereocenters. The van der Waals surface area contributed by atoms with Gasteiger partial charge in [-0.05, 0) is 36.5 Å². The van der Waals surface area contributed by atoms with Crippen molar-refractivity contribution in [2.24, 2.45) is 5.92 Å². The molecule has 0 heterocycles. The number of carbonyl (C=O) groups is 1. The molecular formula is C14H16F2O2. The number of rotatable bonds is 3. The molecule has 1 saturated carbocycles. The van der Waals surface area contributed by atoms with Crippen LogP contribution in [0.25, 0.3) is 0 Å². The molecule has 0 aromatic heterocycles. The van der Waals surface area contributed by atoms with E-state index in [1.54, 1.807) is 0 Å². The Labute approximate surface area is 105 Å². The fourth-order valence-corrected chi connectivity index (χ4v) is 2.84. The molecule has 0 bridgehead atoms. The van der Waals surface area contributed by atoms with Crippen LogP contribution < -0.4 is 0 Å². The highest BCUT2D eigenvalue weighted by Crippen LogP contribution is 2.36. The van der Waals surface area contributed by atoms with Crippen LogP contribution in [0.15, 0.2) is 18.2 Å². The number of benzene rings is 1. The number of carboxylic acids is 1. The summed E-state index contributed by atoms with van der Waals surface area (Å²) in [5.74, 6) is -3.24. The molecule has 1 aromatic carbocycles. The monoisotopic (exact) mass is 254 g/mol. The SMILES string of the molecule is O=C(O)C(c1cc(F)cc(F)c1)C1CCCCC1. The third kappa shape index (κ3) is 2.86. The number of carboxylic acid groups (broad SMARTS) is 1. The van der Waals surface area contributed by atoms with Crippen LogP contribution in [0.4, 0.5) is 8.78 Å². The summed E-state index contributed by atoms with van der Waals surface area (Å²) in [5, 5.41) is 9.32. The minimum absolute atomic E-state index is 0.0163. The van der Waals surface area contributed by atoms with Crippen molar-refractivity contribution in [3.63, 3.8) is 0 Å². The standard InChI is InChI=1S/C14H16F2O2/c15-11-6-10(7-12(16)8-11)13(14(17)18)9-4-2-1-3-5-9/h6-9,13H,1-5H2,(H,17,18). The molecule has 1 aliphatic carbocycles. The van der Waals surface area contributed by atoms with E-state index in [1.807, 2.05) is 0 Å². The molecule has 1 unspecified atom stereocenters. The van der Waals surface area contributed by atoms with Gasteiger partial charge in [-0.3, -0.25) is 4.79 Å². The molecule has 0 saturated heterocycles. The lowest BCUT2D eigenvalue weighted by Gasteiger charge is -2.27. The van der Waals surface area contributed by atoms with E-state index in [-0.39, 0.29) is 11.5 Å². The number of hydrogen-bond donors (Lipinski definition) is 1. The fourth-order valence-electron chi connectivity index (χ4n) is 2.84. The first-order chi connectivity index (χ1) is 8.58. The first kappa shape index (κ1) is 13.0. The predicted octanol–water partition coefficient (Wildman–Crippen LogP) is 3.71. The third-order valence-electron chi connectivity index (χ3n) is 3.63. The van der Waals surface area contributed by atoms with Crippen LogP contribution in [0, 0.1) is 17.6 Å². The van der Waals surface area contributed by atoms with Crippen molar-refractivity contribution in [3.05, 3.63) is 35.4 Å². The van der Waals surface area contributed by atoms with Crippen LogP contribution in [0.1, 0.15) is 43.6 Å². The van der Waals surface area contributed by atoms with Crippen molar-refractivity contribution in [2.45, 2.75) is 38.0 Å². The molecule has 18 heavy (non-hydrogen) atoms. The Bertz CT molecular complexity index is 419. The Kier molecular flexibility index (Phi) is 3.94. The second-order valence-electron chi connectivity index (χ2n) is 4.92. The quantitative estimate of drug-likeness (QED) is 0.892. The number of aliphatic carboxylic acids is 1. The second-order valence-corrected chi connectivity index (χ2v) is 4.92. The van der Waals surface area contributed by atoms with Crippen molar-refractivity contribution in [2.75, 3.05) is 0 Å². The normalized spacial score (nSPS) is 18.6. The van der Waals surface area contributed by atoms with Crippen LogP contribution >= 0.6 is 0 Å². The van der Waals surface area contributed by atoms with E-state index in [0.29, 0.717) is 0 Å². The molecule has 0 spiro atoms. The van der Waals surface area contributed by atoms with Gasteiger partial charge in [0.2, 0.25) is 0 Å². The smallest absolute Gasteiger partial charge is 0.311 e.